The van der Waals surface area contributed by atoms with Gasteiger partial charge < -0.3 is 5.32 Å². The van der Waals surface area contributed by atoms with Gasteiger partial charge in [-0.05, 0) is 37.5 Å². The number of aryl methyl sites for hydroxylation is 1. The fourth-order valence-corrected chi connectivity index (χ4v) is 3.19. The van der Waals surface area contributed by atoms with E-state index in [-0.39, 0.29) is 0 Å². The van der Waals surface area contributed by atoms with Crippen molar-refractivity contribution in [1.82, 2.24) is 9.78 Å². The molecule has 2 rings (SSSR count). The van der Waals surface area contributed by atoms with E-state index in [1.165, 1.54) is 24.9 Å². The lowest BCUT2D eigenvalue weighted by molar-refractivity contribution is 0.212. The van der Waals surface area contributed by atoms with Crippen LogP contribution < -0.4 is 5.32 Å². The molecule has 0 bridgehead atoms. The van der Waals surface area contributed by atoms with Gasteiger partial charge in [0.05, 0.1) is 11.9 Å². The van der Waals surface area contributed by atoms with Crippen LogP contribution in [0.25, 0.3) is 0 Å². The van der Waals surface area contributed by atoms with Crippen molar-refractivity contribution in [2.24, 2.45) is 17.8 Å². The van der Waals surface area contributed by atoms with Gasteiger partial charge in [0.15, 0.2) is 0 Å². The summed E-state index contributed by atoms with van der Waals surface area (Å²) in [5.41, 5.74) is 1.18. The quantitative estimate of drug-likeness (QED) is 0.880. The SMILES string of the molecule is CCn1cc(NC2CC(C)CCC2C(C)C)cn1. The van der Waals surface area contributed by atoms with Crippen LogP contribution in [0.3, 0.4) is 0 Å². The van der Waals surface area contributed by atoms with Gasteiger partial charge in [-0.1, -0.05) is 27.2 Å². The van der Waals surface area contributed by atoms with Gasteiger partial charge in [0.25, 0.3) is 0 Å². The predicted octanol–water partition coefficient (Wildman–Crippen LogP) is 3.78. The summed E-state index contributed by atoms with van der Waals surface area (Å²) in [7, 11) is 0. The minimum Gasteiger partial charge on any atom is -0.379 e. The predicted molar refractivity (Wildman–Crippen MR) is 76.7 cm³/mol. The maximum Gasteiger partial charge on any atom is 0.0728 e. The Balaban J connectivity index is 2.03. The molecular weight excluding hydrogens is 222 g/mol. The first-order valence-electron chi connectivity index (χ1n) is 7.39. The zero-order chi connectivity index (χ0) is 13.1. The van der Waals surface area contributed by atoms with Gasteiger partial charge in [0.2, 0.25) is 0 Å². The molecule has 1 aromatic rings. The molecule has 1 heterocycles. The van der Waals surface area contributed by atoms with Gasteiger partial charge in [0, 0.05) is 18.8 Å². The summed E-state index contributed by atoms with van der Waals surface area (Å²) in [6.07, 6.45) is 8.12. The molecule has 1 aliphatic carbocycles. The molecule has 0 saturated heterocycles. The van der Waals surface area contributed by atoms with E-state index in [1.54, 1.807) is 0 Å². The van der Waals surface area contributed by atoms with E-state index >= 15 is 0 Å². The van der Waals surface area contributed by atoms with E-state index in [0.29, 0.717) is 6.04 Å². The Morgan fingerprint density at radius 3 is 2.83 bits per heavy atom. The third kappa shape index (κ3) is 3.06. The molecule has 18 heavy (non-hydrogen) atoms. The summed E-state index contributed by atoms with van der Waals surface area (Å²) in [5.74, 6) is 2.40. The van der Waals surface area contributed by atoms with Crippen LogP contribution >= 0.6 is 0 Å². The monoisotopic (exact) mass is 249 g/mol. The lowest BCUT2D eigenvalue weighted by atomic mass is 9.74. The molecule has 3 heteroatoms. The Labute approximate surface area is 111 Å². The highest BCUT2D eigenvalue weighted by atomic mass is 15.3. The molecule has 0 amide bonds. The first kappa shape index (κ1) is 13.4. The number of nitrogens with zero attached hydrogens (tertiary/aromatic N) is 2. The zero-order valence-electron chi connectivity index (χ0n) is 12.2. The summed E-state index contributed by atoms with van der Waals surface area (Å²) >= 11 is 0. The van der Waals surface area contributed by atoms with Gasteiger partial charge in [0.1, 0.15) is 0 Å². The van der Waals surface area contributed by atoms with Gasteiger partial charge in [-0.15, -0.1) is 0 Å². The molecule has 1 fully saturated rings. The van der Waals surface area contributed by atoms with Crippen molar-refractivity contribution in [2.75, 3.05) is 5.32 Å². The Bertz CT molecular complexity index is 370. The molecule has 3 unspecified atom stereocenters. The molecule has 1 saturated carbocycles. The van der Waals surface area contributed by atoms with Crippen molar-refractivity contribution in [3.63, 3.8) is 0 Å². The molecule has 1 aromatic heterocycles. The summed E-state index contributed by atoms with van der Waals surface area (Å²) in [6, 6.07) is 0.614. The standard InChI is InChI=1S/C15H27N3/c1-5-18-10-13(9-16-18)17-15-8-12(4)6-7-14(15)11(2)3/h9-12,14-15,17H,5-8H2,1-4H3. The second kappa shape index (κ2) is 5.77. The average Bonchev–Trinajstić information content (AvgIpc) is 2.76. The van der Waals surface area contributed by atoms with Crippen LogP contribution in [-0.4, -0.2) is 15.8 Å². The lowest BCUT2D eigenvalue weighted by Gasteiger charge is -2.38. The van der Waals surface area contributed by atoms with Crippen molar-refractivity contribution in [3.8, 4) is 0 Å². The average molecular weight is 249 g/mol. The Morgan fingerprint density at radius 1 is 1.44 bits per heavy atom. The summed E-state index contributed by atoms with van der Waals surface area (Å²) in [6.45, 7) is 10.1. The van der Waals surface area contributed by atoms with E-state index in [9.17, 15) is 0 Å². The number of hydrogen-bond acceptors (Lipinski definition) is 2. The van der Waals surface area contributed by atoms with Crippen LogP contribution in [0.4, 0.5) is 5.69 Å². The Hall–Kier alpha value is -0.990. The lowest BCUT2D eigenvalue weighted by Crippen LogP contribution is -2.37. The van der Waals surface area contributed by atoms with Gasteiger partial charge in [-0.3, -0.25) is 4.68 Å². The molecule has 0 aromatic carbocycles. The van der Waals surface area contributed by atoms with Crippen molar-refractivity contribution < 1.29 is 0 Å². The van der Waals surface area contributed by atoms with Gasteiger partial charge in [-0.2, -0.15) is 5.10 Å². The van der Waals surface area contributed by atoms with Crippen molar-refractivity contribution in [1.29, 1.82) is 0 Å². The van der Waals surface area contributed by atoms with Crippen LogP contribution in [0, 0.1) is 17.8 Å². The fourth-order valence-electron chi connectivity index (χ4n) is 3.19. The molecule has 3 atom stereocenters. The Morgan fingerprint density at radius 2 is 2.22 bits per heavy atom. The molecule has 0 aliphatic heterocycles. The van der Waals surface area contributed by atoms with Crippen molar-refractivity contribution in [2.45, 2.75) is 59.5 Å². The second-order valence-electron chi connectivity index (χ2n) is 6.16. The van der Waals surface area contributed by atoms with Crippen molar-refractivity contribution >= 4 is 5.69 Å². The third-order valence-corrected chi connectivity index (χ3v) is 4.33. The van der Waals surface area contributed by atoms with Crippen LogP contribution in [0.5, 0.6) is 0 Å². The van der Waals surface area contributed by atoms with Crippen LogP contribution in [0.15, 0.2) is 12.4 Å². The first-order chi connectivity index (χ1) is 8.60. The molecule has 1 aliphatic rings. The largest absolute Gasteiger partial charge is 0.379 e. The number of anilines is 1. The molecule has 0 spiro atoms. The van der Waals surface area contributed by atoms with E-state index in [4.69, 9.17) is 0 Å². The maximum absolute atomic E-state index is 4.34. The summed E-state index contributed by atoms with van der Waals surface area (Å²) < 4.78 is 1.99. The smallest absolute Gasteiger partial charge is 0.0728 e. The highest BCUT2D eigenvalue weighted by molar-refractivity contribution is 5.39. The Kier molecular flexibility index (Phi) is 4.31. The fraction of sp³-hybridized carbons (Fsp3) is 0.800. The molecular formula is C15H27N3. The number of rotatable bonds is 4. The molecule has 102 valence electrons. The van der Waals surface area contributed by atoms with Crippen LogP contribution in [0.2, 0.25) is 0 Å². The molecule has 1 N–H and O–H groups in total. The van der Waals surface area contributed by atoms with Gasteiger partial charge >= 0.3 is 0 Å². The zero-order valence-corrected chi connectivity index (χ0v) is 12.2. The third-order valence-electron chi connectivity index (χ3n) is 4.33. The van der Waals surface area contributed by atoms with Crippen LogP contribution in [-0.2, 0) is 6.54 Å². The van der Waals surface area contributed by atoms with E-state index < -0.39 is 0 Å². The van der Waals surface area contributed by atoms with E-state index in [2.05, 4.69) is 44.3 Å². The normalized spacial score (nSPS) is 28.6. The van der Waals surface area contributed by atoms with E-state index in [1.807, 2.05) is 10.9 Å². The number of aromatic nitrogens is 2. The van der Waals surface area contributed by atoms with Gasteiger partial charge in [-0.25, -0.2) is 0 Å². The van der Waals surface area contributed by atoms with Crippen molar-refractivity contribution in [3.05, 3.63) is 12.4 Å². The number of nitrogens with one attached hydrogen (secondary N) is 1. The minimum absolute atomic E-state index is 0.614. The minimum atomic E-state index is 0.614. The second-order valence-corrected chi connectivity index (χ2v) is 6.16. The van der Waals surface area contributed by atoms with E-state index in [0.717, 1.165) is 24.3 Å². The highest BCUT2D eigenvalue weighted by Crippen LogP contribution is 2.35. The van der Waals surface area contributed by atoms with Crippen LogP contribution in [0.1, 0.15) is 47.0 Å². The summed E-state index contributed by atoms with van der Waals surface area (Å²) in [4.78, 5) is 0. The summed E-state index contributed by atoms with van der Waals surface area (Å²) in [5, 5.41) is 8.06. The maximum atomic E-state index is 4.34. The highest BCUT2D eigenvalue weighted by Gasteiger charge is 2.30. The topological polar surface area (TPSA) is 29.9 Å². The molecule has 0 radical (unpaired) electrons. The number of hydrogen-bond donors (Lipinski definition) is 1. The first-order valence-corrected chi connectivity index (χ1v) is 7.39. The molecule has 3 nitrogen and oxygen atoms in total.